The standard InChI is InChI=1S/C22H40N6O2.HI/c1-4-22(3)19(29)28(21(30)25-22)14-9-11-24-20(23-5-2)27-15-10-18(17-27)16-26-12-7-6-8-13-26;/h18H,4-17H2,1-3H3,(H,23,24)(H,25,30);1H. The molecule has 178 valence electrons. The van der Waals surface area contributed by atoms with Crippen molar-refractivity contribution in [3.05, 3.63) is 0 Å². The van der Waals surface area contributed by atoms with Gasteiger partial charge >= 0.3 is 6.03 Å². The number of rotatable bonds is 8. The van der Waals surface area contributed by atoms with Crippen LogP contribution in [0.15, 0.2) is 4.99 Å². The van der Waals surface area contributed by atoms with Gasteiger partial charge in [-0.3, -0.25) is 14.7 Å². The Labute approximate surface area is 204 Å². The highest BCUT2D eigenvalue weighted by atomic mass is 127. The molecule has 2 atom stereocenters. The fourth-order valence-electron chi connectivity index (χ4n) is 4.71. The Hall–Kier alpha value is -1.10. The van der Waals surface area contributed by atoms with Gasteiger partial charge in [0, 0.05) is 39.3 Å². The summed E-state index contributed by atoms with van der Waals surface area (Å²) in [7, 11) is 0. The molecule has 3 fully saturated rings. The fraction of sp³-hybridized carbons (Fsp3) is 0.864. The number of hydrogen-bond acceptors (Lipinski definition) is 4. The van der Waals surface area contributed by atoms with Gasteiger partial charge in [0.15, 0.2) is 5.96 Å². The Morgan fingerprint density at radius 1 is 1.19 bits per heavy atom. The molecular weight excluding hydrogens is 507 g/mol. The average Bonchev–Trinajstić information content (AvgIpc) is 3.29. The normalized spacial score (nSPS) is 27.5. The monoisotopic (exact) mass is 548 g/mol. The van der Waals surface area contributed by atoms with Gasteiger partial charge in [0.05, 0.1) is 0 Å². The number of carbonyl (C=O) groups is 2. The minimum Gasteiger partial charge on any atom is -0.357 e. The first kappa shape index (κ1) is 26.2. The lowest BCUT2D eigenvalue weighted by molar-refractivity contribution is -0.130. The predicted octanol–water partition coefficient (Wildman–Crippen LogP) is 2.49. The van der Waals surface area contributed by atoms with Crippen molar-refractivity contribution in [1.29, 1.82) is 0 Å². The highest BCUT2D eigenvalue weighted by Crippen LogP contribution is 2.21. The third-order valence-corrected chi connectivity index (χ3v) is 6.74. The van der Waals surface area contributed by atoms with E-state index in [1.54, 1.807) is 6.92 Å². The van der Waals surface area contributed by atoms with E-state index >= 15 is 0 Å². The Balaban J connectivity index is 0.00000341. The lowest BCUT2D eigenvalue weighted by Gasteiger charge is -2.29. The average molecular weight is 549 g/mol. The number of halogens is 1. The van der Waals surface area contributed by atoms with Crippen molar-refractivity contribution in [3.63, 3.8) is 0 Å². The van der Waals surface area contributed by atoms with Crippen molar-refractivity contribution in [1.82, 2.24) is 25.3 Å². The second-order valence-corrected chi connectivity index (χ2v) is 9.12. The summed E-state index contributed by atoms with van der Waals surface area (Å²) in [5.74, 6) is 1.56. The summed E-state index contributed by atoms with van der Waals surface area (Å²) in [6.07, 6.45) is 6.57. The maximum Gasteiger partial charge on any atom is 0.325 e. The van der Waals surface area contributed by atoms with Crippen LogP contribution in [-0.4, -0.2) is 90.5 Å². The topological polar surface area (TPSA) is 80.3 Å². The highest BCUT2D eigenvalue weighted by molar-refractivity contribution is 14.0. The molecule has 0 radical (unpaired) electrons. The quantitative estimate of drug-likeness (QED) is 0.160. The Morgan fingerprint density at radius 2 is 1.94 bits per heavy atom. The molecule has 2 unspecified atom stereocenters. The molecule has 31 heavy (non-hydrogen) atoms. The summed E-state index contributed by atoms with van der Waals surface area (Å²) in [6.45, 7) is 13.5. The highest BCUT2D eigenvalue weighted by Gasteiger charge is 2.45. The largest absolute Gasteiger partial charge is 0.357 e. The molecule has 0 aromatic heterocycles. The molecule has 0 bridgehead atoms. The smallest absolute Gasteiger partial charge is 0.325 e. The molecule has 0 spiro atoms. The number of nitrogens with zero attached hydrogens (tertiary/aromatic N) is 4. The van der Waals surface area contributed by atoms with Crippen molar-refractivity contribution in [2.24, 2.45) is 10.9 Å². The molecule has 3 aliphatic rings. The van der Waals surface area contributed by atoms with E-state index in [-0.39, 0.29) is 35.9 Å². The summed E-state index contributed by atoms with van der Waals surface area (Å²) >= 11 is 0. The molecule has 3 saturated heterocycles. The number of likely N-dealkylation sites (tertiary alicyclic amines) is 2. The van der Waals surface area contributed by atoms with Gasteiger partial charge in [0.25, 0.3) is 5.91 Å². The van der Waals surface area contributed by atoms with Crippen molar-refractivity contribution < 1.29 is 9.59 Å². The second-order valence-electron chi connectivity index (χ2n) is 9.12. The summed E-state index contributed by atoms with van der Waals surface area (Å²) in [5, 5.41) is 6.23. The first-order valence-electron chi connectivity index (χ1n) is 11.9. The van der Waals surface area contributed by atoms with E-state index in [1.807, 2.05) is 6.92 Å². The molecular formula is C22H41IN6O2. The van der Waals surface area contributed by atoms with Gasteiger partial charge in [-0.2, -0.15) is 0 Å². The van der Waals surface area contributed by atoms with Crippen LogP contribution in [0.1, 0.15) is 59.3 Å². The van der Waals surface area contributed by atoms with Crippen molar-refractivity contribution in [3.8, 4) is 0 Å². The number of nitrogens with one attached hydrogen (secondary N) is 2. The Kier molecular flexibility index (Phi) is 10.3. The minimum atomic E-state index is -0.756. The number of hydrogen-bond donors (Lipinski definition) is 2. The molecule has 0 saturated carbocycles. The fourth-order valence-corrected chi connectivity index (χ4v) is 4.71. The van der Waals surface area contributed by atoms with E-state index < -0.39 is 5.54 Å². The van der Waals surface area contributed by atoms with Gasteiger partial charge in [-0.15, -0.1) is 24.0 Å². The number of carbonyl (C=O) groups excluding carboxylic acids is 2. The minimum absolute atomic E-state index is 0. The van der Waals surface area contributed by atoms with Crippen LogP contribution in [0.4, 0.5) is 4.79 Å². The van der Waals surface area contributed by atoms with Crippen LogP contribution in [0.2, 0.25) is 0 Å². The van der Waals surface area contributed by atoms with Crippen molar-refractivity contribution in [2.75, 3.05) is 52.4 Å². The molecule has 3 rings (SSSR count). The van der Waals surface area contributed by atoms with Gasteiger partial charge in [0.1, 0.15) is 5.54 Å². The SMILES string of the molecule is CCNC(=NCCCN1C(=O)NC(C)(CC)C1=O)N1CCC(CN2CCCCC2)C1.I. The number of piperidine rings is 1. The van der Waals surface area contributed by atoms with Crippen LogP contribution in [0.3, 0.4) is 0 Å². The van der Waals surface area contributed by atoms with Crippen LogP contribution < -0.4 is 10.6 Å². The van der Waals surface area contributed by atoms with Crippen LogP contribution in [0.5, 0.6) is 0 Å². The van der Waals surface area contributed by atoms with E-state index in [1.165, 1.54) is 50.2 Å². The van der Waals surface area contributed by atoms with Gasteiger partial charge < -0.3 is 20.4 Å². The van der Waals surface area contributed by atoms with Gasteiger partial charge in [0.2, 0.25) is 0 Å². The van der Waals surface area contributed by atoms with Crippen molar-refractivity contribution in [2.45, 2.75) is 64.8 Å². The molecule has 3 amide bonds. The molecule has 2 N–H and O–H groups in total. The van der Waals surface area contributed by atoms with Gasteiger partial charge in [-0.25, -0.2) is 4.79 Å². The van der Waals surface area contributed by atoms with Crippen molar-refractivity contribution >= 4 is 41.9 Å². The van der Waals surface area contributed by atoms with Gasteiger partial charge in [-0.05, 0) is 65.0 Å². The zero-order valence-corrected chi connectivity index (χ0v) is 21.8. The summed E-state index contributed by atoms with van der Waals surface area (Å²) in [4.78, 5) is 35.8. The number of urea groups is 1. The molecule has 3 heterocycles. The van der Waals surface area contributed by atoms with E-state index in [0.29, 0.717) is 31.8 Å². The van der Waals surface area contributed by atoms with E-state index in [0.717, 1.165) is 25.6 Å². The van der Waals surface area contributed by atoms with E-state index in [4.69, 9.17) is 4.99 Å². The lowest BCUT2D eigenvalue weighted by atomic mass is 9.99. The predicted molar refractivity (Wildman–Crippen MR) is 135 cm³/mol. The van der Waals surface area contributed by atoms with Gasteiger partial charge in [-0.1, -0.05) is 13.3 Å². The van der Waals surface area contributed by atoms with Crippen LogP contribution in [-0.2, 0) is 4.79 Å². The summed E-state index contributed by atoms with van der Waals surface area (Å²) in [5.41, 5.74) is -0.756. The first-order valence-corrected chi connectivity index (χ1v) is 11.9. The van der Waals surface area contributed by atoms with E-state index in [2.05, 4.69) is 27.4 Å². The third-order valence-electron chi connectivity index (χ3n) is 6.74. The summed E-state index contributed by atoms with van der Waals surface area (Å²) < 4.78 is 0. The maximum atomic E-state index is 12.5. The zero-order valence-electron chi connectivity index (χ0n) is 19.5. The Bertz CT molecular complexity index is 639. The molecule has 0 aromatic carbocycles. The lowest BCUT2D eigenvalue weighted by Crippen LogP contribution is -2.43. The van der Waals surface area contributed by atoms with E-state index in [9.17, 15) is 9.59 Å². The zero-order chi connectivity index (χ0) is 21.6. The molecule has 9 heteroatoms. The van der Waals surface area contributed by atoms with Crippen LogP contribution in [0, 0.1) is 5.92 Å². The first-order chi connectivity index (χ1) is 14.5. The Morgan fingerprint density at radius 3 is 2.58 bits per heavy atom. The molecule has 8 nitrogen and oxygen atoms in total. The molecule has 0 aliphatic carbocycles. The number of guanidine groups is 1. The van der Waals surface area contributed by atoms with Crippen LogP contribution in [0.25, 0.3) is 0 Å². The number of imide groups is 1. The molecule has 3 aliphatic heterocycles. The van der Waals surface area contributed by atoms with Crippen LogP contribution >= 0.6 is 24.0 Å². The third kappa shape index (κ3) is 6.69. The maximum absolute atomic E-state index is 12.5. The number of aliphatic imine (C=N–C) groups is 1. The molecule has 0 aromatic rings. The summed E-state index contributed by atoms with van der Waals surface area (Å²) in [6, 6.07) is -0.277. The number of amides is 3. The second kappa shape index (κ2) is 12.2.